The predicted octanol–water partition coefficient (Wildman–Crippen LogP) is 6.90. The molecular formula is C27H22ClF3N4O3. The lowest BCUT2D eigenvalue weighted by atomic mass is 10.1. The van der Waals surface area contributed by atoms with Crippen molar-refractivity contribution in [1.29, 1.82) is 0 Å². The van der Waals surface area contributed by atoms with Crippen LogP contribution in [0.4, 0.5) is 24.5 Å². The van der Waals surface area contributed by atoms with Crippen molar-refractivity contribution in [2.45, 2.75) is 32.0 Å². The molecule has 1 aromatic heterocycles. The maximum atomic E-state index is 13.5. The third-order valence-corrected chi connectivity index (χ3v) is 6.74. The fourth-order valence-corrected chi connectivity index (χ4v) is 4.56. The number of carbonyl (C=O) groups is 2. The van der Waals surface area contributed by atoms with Gasteiger partial charge in [-0.15, -0.1) is 0 Å². The number of aromatic amines is 1. The van der Waals surface area contributed by atoms with Gasteiger partial charge in [-0.05, 0) is 61.7 Å². The minimum atomic E-state index is -4.71. The molecule has 0 radical (unpaired) electrons. The lowest BCUT2D eigenvalue weighted by molar-refractivity contribution is -0.137. The summed E-state index contributed by atoms with van der Waals surface area (Å²) >= 11 is 6.19. The molecule has 1 fully saturated rings. The number of carbonyl (C=O) groups excluding carboxylic acids is 2. The number of fused-ring (bicyclic) bond motifs is 1. The third kappa shape index (κ3) is 5.09. The average Bonchev–Trinajstić information content (AvgIpc) is 3.56. The largest absolute Gasteiger partial charge is 0.417 e. The molecule has 196 valence electrons. The van der Waals surface area contributed by atoms with Crippen molar-refractivity contribution in [3.63, 3.8) is 0 Å². The molecule has 1 saturated heterocycles. The Kier molecular flexibility index (Phi) is 6.85. The SMILES string of the molecule is Cc1c(Cl)cccc1NC(=O)c1cc(NC(=O)c2ccccc2C(F)(F)F)cc2[nH]c(C3CCCO3)nc12. The van der Waals surface area contributed by atoms with E-state index in [1.165, 1.54) is 24.3 Å². The maximum Gasteiger partial charge on any atom is 0.417 e. The monoisotopic (exact) mass is 542 g/mol. The van der Waals surface area contributed by atoms with Gasteiger partial charge in [0.15, 0.2) is 0 Å². The van der Waals surface area contributed by atoms with E-state index in [0.29, 0.717) is 39.7 Å². The fraction of sp³-hybridized carbons (Fsp3) is 0.222. The number of nitrogens with zero attached hydrogens (tertiary/aromatic N) is 1. The number of ether oxygens (including phenoxy) is 1. The molecule has 5 rings (SSSR count). The number of halogens is 4. The van der Waals surface area contributed by atoms with Crippen LogP contribution in [0.15, 0.2) is 54.6 Å². The number of hydrogen-bond donors (Lipinski definition) is 3. The summed E-state index contributed by atoms with van der Waals surface area (Å²) in [6, 6.07) is 12.5. The average molecular weight is 543 g/mol. The van der Waals surface area contributed by atoms with Crippen molar-refractivity contribution in [3.8, 4) is 0 Å². The maximum absolute atomic E-state index is 13.5. The Morgan fingerprint density at radius 3 is 2.55 bits per heavy atom. The molecule has 1 aliphatic heterocycles. The second-order valence-electron chi connectivity index (χ2n) is 8.91. The molecule has 3 N–H and O–H groups in total. The minimum absolute atomic E-state index is 0.113. The van der Waals surface area contributed by atoms with E-state index in [4.69, 9.17) is 16.3 Å². The summed E-state index contributed by atoms with van der Waals surface area (Å²) in [5, 5.41) is 5.78. The second kappa shape index (κ2) is 10.1. The fourth-order valence-electron chi connectivity index (χ4n) is 4.39. The van der Waals surface area contributed by atoms with Crippen LogP contribution in [0.25, 0.3) is 11.0 Å². The lowest BCUT2D eigenvalue weighted by Gasteiger charge is -2.14. The van der Waals surface area contributed by atoms with Gasteiger partial charge in [0.05, 0.1) is 22.2 Å². The molecule has 7 nitrogen and oxygen atoms in total. The topological polar surface area (TPSA) is 96.1 Å². The van der Waals surface area contributed by atoms with Crippen LogP contribution in [-0.2, 0) is 10.9 Å². The van der Waals surface area contributed by atoms with Gasteiger partial charge in [0, 0.05) is 23.0 Å². The van der Waals surface area contributed by atoms with Crippen molar-refractivity contribution >= 4 is 45.8 Å². The number of nitrogens with one attached hydrogen (secondary N) is 3. The molecule has 1 atom stereocenters. The van der Waals surface area contributed by atoms with Gasteiger partial charge in [-0.25, -0.2) is 4.98 Å². The van der Waals surface area contributed by atoms with Gasteiger partial charge in [0.2, 0.25) is 0 Å². The molecule has 2 heterocycles. The summed E-state index contributed by atoms with van der Waals surface area (Å²) in [5.74, 6) is -0.970. The van der Waals surface area contributed by atoms with E-state index < -0.39 is 29.1 Å². The summed E-state index contributed by atoms with van der Waals surface area (Å²) in [5.41, 5.74) is 0.539. The number of rotatable bonds is 5. The highest BCUT2D eigenvalue weighted by Crippen LogP contribution is 2.34. The zero-order valence-corrected chi connectivity index (χ0v) is 20.8. The standard InChI is InChI=1S/C27H22ClF3N4O3/c1-14-19(28)8-4-9-20(14)34-26(37)17-12-15(13-21-23(17)35-24(33-21)22-10-5-11-38-22)32-25(36)16-6-2-3-7-18(16)27(29,30)31/h2-4,6-9,12-13,22H,5,10-11H2,1H3,(H,32,36)(H,33,35)(H,34,37). The van der Waals surface area contributed by atoms with Crippen LogP contribution in [0, 0.1) is 6.92 Å². The van der Waals surface area contributed by atoms with E-state index >= 15 is 0 Å². The number of alkyl halides is 3. The second-order valence-corrected chi connectivity index (χ2v) is 9.31. The van der Waals surface area contributed by atoms with Crippen LogP contribution in [0.2, 0.25) is 5.02 Å². The number of anilines is 2. The zero-order valence-electron chi connectivity index (χ0n) is 20.1. The highest BCUT2D eigenvalue weighted by Gasteiger charge is 2.35. The van der Waals surface area contributed by atoms with Crippen LogP contribution < -0.4 is 10.6 Å². The first-order valence-electron chi connectivity index (χ1n) is 11.8. The van der Waals surface area contributed by atoms with E-state index in [2.05, 4.69) is 20.6 Å². The molecule has 38 heavy (non-hydrogen) atoms. The Morgan fingerprint density at radius 2 is 1.82 bits per heavy atom. The summed E-state index contributed by atoms with van der Waals surface area (Å²) in [6.07, 6.45) is -3.37. The number of benzene rings is 3. The highest BCUT2D eigenvalue weighted by atomic mass is 35.5. The van der Waals surface area contributed by atoms with Gasteiger partial charge >= 0.3 is 6.18 Å². The lowest BCUT2D eigenvalue weighted by Crippen LogP contribution is -2.19. The molecule has 0 saturated carbocycles. The molecule has 0 bridgehead atoms. The van der Waals surface area contributed by atoms with Gasteiger partial charge in [0.25, 0.3) is 11.8 Å². The van der Waals surface area contributed by atoms with E-state index in [9.17, 15) is 22.8 Å². The van der Waals surface area contributed by atoms with Crippen molar-refractivity contribution in [1.82, 2.24) is 9.97 Å². The molecule has 0 spiro atoms. The number of amides is 2. The van der Waals surface area contributed by atoms with Gasteiger partial charge in [-0.1, -0.05) is 29.8 Å². The van der Waals surface area contributed by atoms with Gasteiger partial charge in [-0.3, -0.25) is 9.59 Å². The summed E-state index contributed by atoms with van der Waals surface area (Å²) in [4.78, 5) is 34.1. The molecule has 1 aliphatic rings. The number of aromatic nitrogens is 2. The Bertz CT molecular complexity index is 1540. The molecule has 1 unspecified atom stereocenters. The number of hydrogen-bond acceptors (Lipinski definition) is 4. The van der Waals surface area contributed by atoms with E-state index in [1.807, 2.05) is 0 Å². The molecule has 2 amide bonds. The molecule has 0 aliphatic carbocycles. The van der Waals surface area contributed by atoms with Gasteiger partial charge in [-0.2, -0.15) is 13.2 Å². The smallest absolute Gasteiger partial charge is 0.370 e. The van der Waals surface area contributed by atoms with E-state index in [1.54, 1.807) is 25.1 Å². The van der Waals surface area contributed by atoms with Crippen LogP contribution in [0.5, 0.6) is 0 Å². The van der Waals surface area contributed by atoms with Crippen molar-refractivity contribution in [2.24, 2.45) is 0 Å². The molecular weight excluding hydrogens is 521 g/mol. The predicted molar refractivity (Wildman–Crippen MR) is 138 cm³/mol. The summed E-state index contributed by atoms with van der Waals surface area (Å²) < 4.78 is 46.1. The Labute approximate surface area is 220 Å². The number of H-pyrrole nitrogens is 1. The van der Waals surface area contributed by atoms with Gasteiger partial charge < -0.3 is 20.4 Å². The quantitative estimate of drug-likeness (QED) is 0.255. The first-order chi connectivity index (χ1) is 18.1. The van der Waals surface area contributed by atoms with Crippen molar-refractivity contribution in [3.05, 3.63) is 87.7 Å². The molecule has 3 aromatic carbocycles. The molecule has 11 heteroatoms. The van der Waals surface area contributed by atoms with Crippen molar-refractivity contribution < 1.29 is 27.5 Å². The Morgan fingerprint density at radius 1 is 1.05 bits per heavy atom. The first kappa shape index (κ1) is 25.7. The third-order valence-electron chi connectivity index (χ3n) is 6.34. The highest BCUT2D eigenvalue weighted by molar-refractivity contribution is 6.31. The van der Waals surface area contributed by atoms with Crippen LogP contribution in [-0.4, -0.2) is 28.4 Å². The van der Waals surface area contributed by atoms with Crippen LogP contribution in [0.1, 0.15) is 56.6 Å². The molecule has 4 aromatic rings. The summed E-state index contributed by atoms with van der Waals surface area (Å²) in [6.45, 7) is 2.34. The van der Waals surface area contributed by atoms with E-state index in [0.717, 1.165) is 25.0 Å². The normalized spacial score (nSPS) is 15.6. The van der Waals surface area contributed by atoms with Crippen LogP contribution in [0.3, 0.4) is 0 Å². The van der Waals surface area contributed by atoms with Gasteiger partial charge in [0.1, 0.15) is 17.4 Å². The number of imidazole rings is 1. The van der Waals surface area contributed by atoms with Crippen LogP contribution >= 0.6 is 11.6 Å². The Hall–Kier alpha value is -3.89. The van der Waals surface area contributed by atoms with Crippen molar-refractivity contribution in [2.75, 3.05) is 17.2 Å². The zero-order chi connectivity index (χ0) is 27.0. The minimum Gasteiger partial charge on any atom is -0.370 e. The Balaban J connectivity index is 1.54. The first-order valence-corrected chi connectivity index (χ1v) is 12.2. The summed E-state index contributed by atoms with van der Waals surface area (Å²) in [7, 11) is 0. The van der Waals surface area contributed by atoms with E-state index in [-0.39, 0.29) is 17.4 Å².